The summed E-state index contributed by atoms with van der Waals surface area (Å²) in [6, 6.07) is 3.31. The molecule has 4 nitrogen and oxygen atoms in total. The van der Waals surface area contributed by atoms with Crippen molar-refractivity contribution in [2.45, 2.75) is 0 Å². The van der Waals surface area contributed by atoms with Crippen molar-refractivity contribution in [1.29, 1.82) is 0 Å². The van der Waals surface area contributed by atoms with Crippen LogP contribution in [0.5, 0.6) is 0 Å². The van der Waals surface area contributed by atoms with Gasteiger partial charge in [0.1, 0.15) is 5.69 Å². The lowest BCUT2D eigenvalue weighted by Crippen LogP contribution is -2.30. The molecule has 0 fully saturated rings. The lowest BCUT2D eigenvalue weighted by molar-refractivity contribution is 0.0948. The van der Waals surface area contributed by atoms with Crippen LogP contribution in [0, 0.1) is 0 Å². The molecule has 0 bridgehead atoms. The Kier molecular flexibility index (Phi) is 2.56. The molecule has 0 aliphatic heterocycles. The number of nitrogens with zero attached hydrogens (tertiary/aromatic N) is 1. The minimum Gasteiger partial charge on any atom is -0.289 e. The summed E-state index contributed by atoms with van der Waals surface area (Å²) in [5.41, 5.74) is 2.28. The number of carbonyl (C=O) groups is 1. The van der Waals surface area contributed by atoms with E-state index in [0.29, 0.717) is 5.69 Å². The third kappa shape index (κ3) is 1.99. The molecule has 5 heteroatoms. The number of hydrogen-bond donors (Lipinski definition) is 2. The second-order valence-electron chi connectivity index (χ2n) is 1.83. The zero-order valence-electron chi connectivity index (χ0n) is 5.54. The number of nitrogens with one attached hydrogen (secondary N) is 1. The monoisotopic (exact) mass is 215 g/mol. The number of hydrogen-bond acceptors (Lipinski definition) is 3. The van der Waals surface area contributed by atoms with Gasteiger partial charge in [-0.25, -0.2) is 5.84 Å². The molecule has 0 unspecified atom stereocenters. The second-order valence-corrected chi connectivity index (χ2v) is 2.75. The molecule has 3 N–H and O–H groups in total. The van der Waals surface area contributed by atoms with E-state index in [1.807, 2.05) is 5.43 Å². The number of aromatic nitrogens is 1. The van der Waals surface area contributed by atoms with Crippen molar-refractivity contribution in [1.82, 2.24) is 10.4 Å². The molecule has 0 spiro atoms. The first-order valence-electron chi connectivity index (χ1n) is 2.86. The van der Waals surface area contributed by atoms with E-state index in [1.165, 1.54) is 6.20 Å². The van der Waals surface area contributed by atoms with Gasteiger partial charge in [-0.3, -0.25) is 15.2 Å². The normalized spacial score (nSPS) is 9.27. The van der Waals surface area contributed by atoms with Gasteiger partial charge in [-0.05, 0) is 12.1 Å². The lowest BCUT2D eigenvalue weighted by atomic mass is 10.3. The van der Waals surface area contributed by atoms with Crippen LogP contribution in [-0.4, -0.2) is 10.9 Å². The van der Waals surface area contributed by atoms with Crippen molar-refractivity contribution in [3.05, 3.63) is 28.5 Å². The van der Waals surface area contributed by atoms with Gasteiger partial charge in [0.15, 0.2) is 0 Å². The van der Waals surface area contributed by atoms with Gasteiger partial charge in [0.05, 0.1) is 0 Å². The molecular formula is C6H6BrN3O. The maximum atomic E-state index is 10.8. The summed E-state index contributed by atoms with van der Waals surface area (Å²) in [7, 11) is 0. The van der Waals surface area contributed by atoms with Gasteiger partial charge in [-0.15, -0.1) is 0 Å². The maximum Gasteiger partial charge on any atom is 0.283 e. The molecular weight excluding hydrogens is 210 g/mol. The molecule has 1 rings (SSSR count). The Morgan fingerprint density at radius 1 is 1.73 bits per heavy atom. The Hall–Kier alpha value is -0.940. The zero-order valence-corrected chi connectivity index (χ0v) is 7.13. The predicted octanol–water partition coefficient (Wildman–Crippen LogP) is 0.448. The Morgan fingerprint density at radius 2 is 2.45 bits per heavy atom. The van der Waals surface area contributed by atoms with Crippen LogP contribution in [0.3, 0.4) is 0 Å². The summed E-state index contributed by atoms with van der Waals surface area (Å²) in [4.78, 5) is 14.6. The van der Waals surface area contributed by atoms with Gasteiger partial charge in [-0.1, -0.05) is 15.9 Å². The summed E-state index contributed by atoms with van der Waals surface area (Å²) in [6.45, 7) is 0. The van der Waals surface area contributed by atoms with E-state index in [2.05, 4.69) is 20.9 Å². The zero-order chi connectivity index (χ0) is 8.27. The molecule has 0 atom stereocenters. The fourth-order valence-electron chi connectivity index (χ4n) is 0.603. The first kappa shape index (κ1) is 8.16. The van der Waals surface area contributed by atoms with Gasteiger partial charge < -0.3 is 0 Å². The molecule has 1 aromatic heterocycles. The average molecular weight is 216 g/mol. The summed E-state index contributed by atoms with van der Waals surface area (Å²) in [5, 5.41) is 0. The Morgan fingerprint density at radius 3 is 3.00 bits per heavy atom. The van der Waals surface area contributed by atoms with E-state index >= 15 is 0 Å². The van der Waals surface area contributed by atoms with Gasteiger partial charge in [-0.2, -0.15) is 0 Å². The van der Waals surface area contributed by atoms with Crippen LogP contribution in [0.4, 0.5) is 0 Å². The van der Waals surface area contributed by atoms with Gasteiger partial charge in [0.2, 0.25) is 0 Å². The number of amides is 1. The minimum absolute atomic E-state index is 0.293. The van der Waals surface area contributed by atoms with Gasteiger partial charge in [0.25, 0.3) is 5.91 Å². The molecule has 1 amide bonds. The second kappa shape index (κ2) is 3.45. The average Bonchev–Trinajstić information content (AvgIpc) is 2.03. The summed E-state index contributed by atoms with van der Waals surface area (Å²) >= 11 is 3.20. The number of nitrogens with two attached hydrogens (primary N) is 1. The van der Waals surface area contributed by atoms with Gasteiger partial charge >= 0.3 is 0 Å². The summed E-state index contributed by atoms with van der Waals surface area (Å²) < 4.78 is 0.797. The highest BCUT2D eigenvalue weighted by molar-refractivity contribution is 9.10. The third-order valence-corrected chi connectivity index (χ3v) is 1.58. The highest BCUT2D eigenvalue weighted by atomic mass is 79.9. The van der Waals surface area contributed by atoms with Gasteiger partial charge in [0, 0.05) is 10.7 Å². The van der Waals surface area contributed by atoms with Crippen molar-refractivity contribution in [2.24, 2.45) is 5.84 Å². The maximum absolute atomic E-state index is 10.8. The van der Waals surface area contributed by atoms with Crippen LogP contribution >= 0.6 is 15.9 Å². The Labute approximate surface area is 71.9 Å². The number of nitrogen functional groups attached to an aromatic ring is 1. The van der Waals surface area contributed by atoms with Crippen molar-refractivity contribution in [3.8, 4) is 0 Å². The lowest BCUT2D eigenvalue weighted by Gasteiger charge is -1.97. The van der Waals surface area contributed by atoms with E-state index in [0.717, 1.165) is 4.47 Å². The van der Waals surface area contributed by atoms with E-state index < -0.39 is 5.91 Å². The minimum atomic E-state index is -0.397. The number of hydrazine groups is 1. The SMILES string of the molecule is NNC(=O)c1cc(Br)ccn1. The first-order valence-corrected chi connectivity index (χ1v) is 3.66. The van der Waals surface area contributed by atoms with E-state index in [1.54, 1.807) is 12.1 Å². The molecule has 0 aliphatic carbocycles. The van der Waals surface area contributed by atoms with Crippen LogP contribution in [0.25, 0.3) is 0 Å². The molecule has 0 radical (unpaired) electrons. The summed E-state index contributed by atoms with van der Waals surface area (Å²) in [5.74, 6) is 4.50. The molecule has 1 heterocycles. The molecule has 58 valence electrons. The fourth-order valence-corrected chi connectivity index (χ4v) is 0.938. The van der Waals surface area contributed by atoms with Crippen molar-refractivity contribution in [2.75, 3.05) is 0 Å². The highest BCUT2D eigenvalue weighted by Crippen LogP contribution is 2.08. The number of pyridine rings is 1. The van der Waals surface area contributed by atoms with Crippen LogP contribution in [0.15, 0.2) is 22.8 Å². The molecule has 0 saturated heterocycles. The Balaban J connectivity index is 2.96. The standard InChI is InChI=1S/C6H6BrN3O/c7-4-1-2-9-5(3-4)6(11)10-8/h1-3H,8H2,(H,10,11). The van der Waals surface area contributed by atoms with Crippen molar-refractivity contribution in [3.63, 3.8) is 0 Å². The molecule has 0 aliphatic rings. The Bertz CT molecular complexity index is 276. The molecule has 11 heavy (non-hydrogen) atoms. The molecule has 1 aromatic rings. The summed E-state index contributed by atoms with van der Waals surface area (Å²) in [6.07, 6.45) is 1.52. The number of carbonyl (C=O) groups excluding carboxylic acids is 1. The van der Waals surface area contributed by atoms with Crippen LogP contribution < -0.4 is 11.3 Å². The highest BCUT2D eigenvalue weighted by Gasteiger charge is 2.03. The molecule has 0 aromatic carbocycles. The smallest absolute Gasteiger partial charge is 0.283 e. The van der Waals surface area contributed by atoms with Crippen molar-refractivity contribution < 1.29 is 4.79 Å². The topological polar surface area (TPSA) is 68.0 Å². The van der Waals surface area contributed by atoms with E-state index in [9.17, 15) is 4.79 Å². The molecule has 0 saturated carbocycles. The van der Waals surface area contributed by atoms with E-state index in [4.69, 9.17) is 5.84 Å². The first-order chi connectivity index (χ1) is 5.24. The van der Waals surface area contributed by atoms with Crippen LogP contribution in [-0.2, 0) is 0 Å². The third-order valence-electron chi connectivity index (χ3n) is 1.09. The van der Waals surface area contributed by atoms with Crippen molar-refractivity contribution >= 4 is 21.8 Å². The fraction of sp³-hybridized carbons (Fsp3) is 0. The largest absolute Gasteiger partial charge is 0.289 e. The van der Waals surface area contributed by atoms with E-state index in [-0.39, 0.29) is 0 Å². The van der Waals surface area contributed by atoms with Crippen LogP contribution in [0.1, 0.15) is 10.5 Å². The quantitative estimate of drug-likeness (QED) is 0.406. The number of rotatable bonds is 1. The van der Waals surface area contributed by atoms with Crippen LogP contribution in [0.2, 0.25) is 0 Å². The number of halogens is 1. The predicted molar refractivity (Wildman–Crippen MR) is 43.6 cm³/mol.